The Morgan fingerprint density at radius 3 is 2.38 bits per heavy atom. The summed E-state index contributed by atoms with van der Waals surface area (Å²) in [6.07, 6.45) is 4.20. The van der Waals surface area contributed by atoms with E-state index in [1.165, 1.54) is 4.90 Å². The second kappa shape index (κ2) is 8.45. The molecular formula is C22H25N3O3S. The van der Waals surface area contributed by atoms with Crippen molar-refractivity contribution in [3.63, 3.8) is 0 Å². The van der Waals surface area contributed by atoms with Gasteiger partial charge in [-0.25, -0.2) is 4.98 Å². The molecule has 7 heteroatoms. The largest absolute Gasteiger partial charge is 0.354 e. The molecule has 1 aliphatic heterocycles. The van der Waals surface area contributed by atoms with Gasteiger partial charge in [0.2, 0.25) is 17.7 Å². The van der Waals surface area contributed by atoms with Crippen LogP contribution in [-0.2, 0) is 20.8 Å². The number of likely N-dealkylation sites (tertiary alicyclic amines) is 1. The number of nitrogens with zero attached hydrogens (tertiary/aromatic N) is 2. The lowest BCUT2D eigenvalue weighted by molar-refractivity contribution is -0.143. The number of aromatic nitrogens is 1. The number of carbonyl (C=O) groups excluding carboxylic acids is 3. The molecule has 2 aliphatic rings. The topological polar surface area (TPSA) is 79.4 Å². The molecule has 0 bridgehead atoms. The van der Waals surface area contributed by atoms with E-state index in [2.05, 4.69) is 10.3 Å². The molecule has 1 aromatic carbocycles. The summed E-state index contributed by atoms with van der Waals surface area (Å²) in [6.45, 7) is 2.30. The minimum absolute atomic E-state index is 0.160. The average molecular weight is 412 g/mol. The van der Waals surface area contributed by atoms with Crippen LogP contribution in [0.2, 0.25) is 0 Å². The monoisotopic (exact) mass is 411 g/mol. The second-order valence-corrected chi connectivity index (χ2v) is 8.87. The first-order chi connectivity index (χ1) is 14.0. The van der Waals surface area contributed by atoms with E-state index in [4.69, 9.17) is 0 Å². The van der Waals surface area contributed by atoms with Crippen LogP contribution < -0.4 is 5.32 Å². The van der Waals surface area contributed by atoms with E-state index < -0.39 is 0 Å². The number of fused-ring (bicyclic) bond motifs is 1. The Labute approximate surface area is 174 Å². The van der Waals surface area contributed by atoms with E-state index in [1.54, 1.807) is 11.3 Å². The lowest BCUT2D eigenvalue weighted by atomic mass is 9.81. The number of benzene rings is 1. The molecule has 1 aliphatic carbocycles. The second-order valence-electron chi connectivity index (χ2n) is 7.81. The summed E-state index contributed by atoms with van der Waals surface area (Å²) in [6, 6.07) is 8.15. The Balaban J connectivity index is 1.26. The molecule has 1 saturated carbocycles. The van der Waals surface area contributed by atoms with Crippen molar-refractivity contribution in [3.05, 3.63) is 40.2 Å². The molecule has 2 unspecified atom stereocenters. The number of hydrogen-bond acceptors (Lipinski definition) is 5. The molecule has 2 fully saturated rings. The third kappa shape index (κ3) is 4.24. The number of rotatable bonds is 6. The molecule has 1 aromatic heterocycles. The van der Waals surface area contributed by atoms with Gasteiger partial charge in [0.05, 0.1) is 22.5 Å². The van der Waals surface area contributed by atoms with Crippen LogP contribution in [0.3, 0.4) is 0 Å². The summed E-state index contributed by atoms with van der Waals surface area (Å²) < 4.78 is 0. The molecule has 0 spiro atoms. The van der Waals surface area contributed by atoms with Crippen LogP contribution in [0.15, 0.2) is 29.6 Å². The van der Waals surface area contributed by atoms with Crippen LogP contribution >= 0.6 is 11.3 Å². The van der Waals surface area contributed by atoms with Gasteiger partial charge in [-0.05, 0) is 31.7 Å². The van der Waals surface area contributed by atoms with Crippen molar-refractivity contribution in [2.24, 2.45) is 11.8 Å². The molecule has 2 heterocycles. The molecule has 2 aromatic rings. The van der Waals surface area contributed by atoms with E-state index in [9.17, 15) is 14.4 Å². The SMILES string of the molecule is Cc1nc(-c2ccc(CCNC(=O)CN3C(=O)C4CCCCC4C3=O)cc2)cs1. The van der Waals surface area contributed by atoms with Crippen LogP contribution in [0.4, 0.5) is 0 Å². The fourth-order valence-electron chi connectivity index (χ4n) is 4.27. The number of amides is 3. The molecule has 3 amide bonds. The van der Waals surface area contributed by atoms with E-state index in [1.807, 2.05) is 36.6 Å². The van der Waals surface area contributed by atoms with Gasteiger partial charge in [0.15, 0.2) is 0 Å². The zero-order valence-electron chi connectivity index (χ0n) is 16.5. The molecule has 6 nitrogen and oxygen atoms in total. The van der Waals surface area contributed by atoms with Gasteiger partial charge in [-0.15, -0.1) is 11.3 Å². The molecule has 152 valence electrons. The molecule has 1 saturated heterocycles. The first kappa shape index (κ1) is 19.8. The summed E-state index contributed by atoms with van der Waals surface area (Å²) >= 11 is 1.63. The normalized spacial score (nSPS) is 21.3. The van der Waals surface area contributed by atoms with Crippen molar-refractivity contribution in [2.75, 3.05) is 13.1 Å². The summed E-state index contributed by atoms with van der Waals surface area (Å²) in [4.78, 5) is 42.8. The number of nitrogens with one attached hydrogen (secondary N) is 1. The van der Waals surface area contributed by atoms with Crippen molar-refractivity contribution < 1.29 is 14.4 Å². The highest BCUT2D eigenvalue weighted by Gasteiger charge is 2.48. The Kier molecular flexibility index (Phi) is 5.76. The Bertz CT molecular complexity index is 898. The van der Waals surface area contributed by atoms with E-state index in [-0.39, 0.29) is 36.1 Å². The average Bonchev–Trinajstić information content (AvgIpc) is 3.26. The highest BCUT2D eigenvalue weighted by atomic mass is 32.1. The van der Waals surface area contributed by atoms with Crippen molar-refractivity contribution in [1.82, 2.24) is 15.2 Å². The molecule has 29 heavy (non-hydrogen) atoms. The molecule has 2 atom stereocenters. The van der Waals surface area contributed by atoms with E-state index in [0.717, 1.165) is 47.5 Å². The maximum Gasteiger partial charge on any atom is 0.240 e. The van der Waals surface area contributed by atoms with Gasteiger partial charge in [0.1, 0.15) is 6.54 Å². The number of aryl methyl sites for hydroxylation is 1. The van der Waals surface area contributed by atoms with Crippen molar-refractivity contribution >= 4 is 29.1 Å². The number of hydrogen-bond donors (Lipinski definition) is 1. The first-order valence-electron chi connectivity index (χ1n) is 10.2. The van der Waals surface area contributed by atoms with Gasteiger partial charge < -0.3 is 5.32 Å². The minimum atomic E-state index is -0.278. The smallest absolute Gasteiger partial charge is 0.240 e. The lowest BCUT2D eigenvalue weighted by Gasteiger charge is -2.19. The highest BCUT2D eigenvalue weighted by molar-refractivity contribution is 7.09. The number of carbonyl (C=O) groups is 3. The molecule has 4 rings (SSSR count). The van der Waals surface area contributed by atoms with Gasteiger partial charge in [-0.2, -0.15) is 0 Å². The van der Waals surface area contributed by atoms with Crippen LogP contribution in [0.5, 0.6) is 0 Å². The van der Waals surface area contributed by atoms with Crippen LogP contribution in [0.1, 0.15) is 36.3 Å². The number of imide groups is 1. The van der Waals surface area contributed by atoms with E-state index >= 15 is 0 Å². The summed E-state index contributed by atoms with van der Waals surface area (Å²) in [7, 11) is 0. The van der Waals surface area contributed by atoms with Crippen LogP contribution in [-0.4, -0.2) is 40.7 Å². The summed E-state index contributed by atoms with van der Waals surface area (Å²) in [5, 5.41) is 5.92. The molecular weight excluding hydrogens is 386 g/mol. The zero-order chi connectivity index (χ0) is 20.4. The highest BCUT2D eigenvalue weighted by Crippen LogP contribution is 2.37. The molecule has 1 N–H and O–H groups in total. The van der Waals surface area contributed by atoms with Crippen molar-refractivity contribution in [2.45, 2.75) is 39.0 Å². The maximum absolute atomic E-state index is 12.5. The Morgan fingerprint density at radius 1 is 1.14 bits per heavy atom. The predicted octanol–water partition coefficient (Wildman–Crippen LogP) is 2.95. The van der Waals surface area contributed by atoms with Crippen LogP contribution in [0.25, 0.3) is 11.3 Å². The van der Waals surface area contributed by atoms with Gasteiger partial charge in [-0.1, -0.05) is 37.1 Å². The third-order valence-corrected chi connectivity index (χ3v) is 6.61. The van der Waals surface area contributed by atoms with Gasteiger partial charge in [0.25, 0.3) is 0 Å². The summed E-state index contributed by atoms with van der Waals surface area (Å²) in [5.41, 5.74) is 3.17. The Morgan fingerprint density at radius 2 is 1.79 bits per heavy atom. The predicted molar refractivity (Wildman–Crippen MR) is 111 cm³/mol. The quantitative estimate of drug-likeness (QED) is 0.741. The summed E-state index contributed by atoms with van der Waals surface area (Å²) in [5.74, 6) is -1.02. The fraction of sp³-hybridized carbons (Fsp3) is 0.455. The maximum atomic E-state index is 12.5. The third-order valence-electron chi connectivity index (χ3n) is 5.84. The number of thiazole rings is 1. The van der Waals surface area contributed by atoms with E-state index in [0.29, 0.717) is 13.0 Å². The minimum Gasteiger partial charge on any atom is -0.354 e. The van der Waals surface area contributed by atoms with Gasteiger partial charge in [-0.3, -0.25) is 19.3 Å². The van der Waals surface area contributed by atoms with Gasteiger partial charge >= 0.3 is 0 Å². The Hall–Kier alpha value is -2.54. The van der Waals surface area contributed by atoms with Crippen molar-refractivity contribution in [1.29, 1.82) is 0 Å². The standard InChI is InChI=1S/C22H25N3O3S/c1-14-24-19(13-29-14)16-8-6-15(7-9-16)10-11-23-20(26)12-25-21(27)17-4-2-3-5-18(17)22(25)28/h6-9,13,17-18H,2-5,10-12H2,1H3,(H,23,26). The zero-order valence-corrected chi connectivity index (χ0v) is 17.3. The molecule has 0 radical (unpaired) electrons. The van der Waals surface area contributed by atoms with Crippen molar-refractivity contribution in [3.8, 4) is 11.3 Å². The first-order valence-corrected chi connectivity index (χ1v) is 11.0. The fourth-order valence-corrected chi connectivity index (χ4v) is 4.89. The van der Waals surface area contributed by atoms with Gasteiger partial charge in [0, 0.05) is 17.5 Å². The lowest BCUT2D eigenvalue weighted by Crippen LogP contribution is -2.41. The van der Waals surface area contributed by atoms with Crippen LogP contribution in [0, 0.1) is 18.8 Å².